The predicted octanol–water partition coefficient (Wildman–Crippen LogP) is 3.39. The number of nitrogens with one attached hydrogen (secondary N) is 1. The van der Waals surface area contributed by atoms with E-state index in [0.717, 1.165) is 0 Å². The number of para-hydroxylation sites is 1. The van der Waals surface area contributed by atoms with Crippen molar-refractivity contribution in [2.75, 3.05) is 5.32 Å². The molecular weight excluding hydrogens is 350 g/mol. The summed E-state index contributed by atoms with van der Waals surface area (Å²) in [5.74, 6) is -1.78. The van der Waals surface area contributed by atoms with Gasteiger partial charge in [-0.1, -0.05) is 18.2 Å². The van der Waals surface area contributed by atoms with Crippen molar-refractivity contribution in [3.8, 4) is 6.07 Å². The lowest BCUT2D eigenvalue weighted by Crippen LogP contribution is -2.13. The number of anilines is 1. The van der Waals surface area contributed by atoms with Gasteiger partial charge in [0, 0.05) is 11.8 Å². The van der Waals surface area contributed by atoms with E-state index < -0.39 is 16.8 Å². The molecule has 0 atom stereocenters. The zero-order valence-corrected chi connectivity index (χ0v) is 13.8. The Labute approximate surface area is 153 Å². The van der Waals surface area contributed by atoms with E-state index in [1.54, 1.807) is 18.2 Å². The van der Waals surface area contributed by atoms with Crippen LogP contribution in [0.5, 0.6) is 0 Å². The van der Waals surface area contributed by atoms with E-state index in [4.69, 9.17) is 10.4 Å². The van der Waals surface area contributed by atoms with Crippen molar-refractivity contribution in [1.82, 2.24) is 0 Å². The van der Waals surface area contributed by atoms with Gasteiger partial charge in [-0.15, -0.1) is 0 Å². The average Bonchev–Trinajstić information content (AvgIpc) is 2.65. The maximum atomic E-state index is 12.1. The first kappa shape index (κ1) is 19.1. The topological polar surface area (TPSA) is 133 Å². The van der Waals surface area contributed by atoms with Gasteiger partial charge in [-0.2, -0.15) is 5.26 Å². The molecule has 2 rings (SSSR count). The van der Waals surface area contributed by atoms with E-state index in [-0.39, 0.29) is 16.8 Å². The van der Waals surface area contributed by atoms with Crippen LogP contribution in [0.4, 0.5) is 11.4 Å². The van der Waals surface area contributed by atoms with E-state index in [9.17, 15) is 19.7 Å². The smallest absolute Gasteiger partial charge is 0.335 e. The number of carboxylic acid groups (broad SMARTS) is 1. The lowest BCUT2D eigenvalue weighted by atomic mass is 10.1. The van der Waals surface area contributed by atoms with Crippen LogP contribution in [-0.2, 0) is 4.79 Å². The second-order valence-electron chi connectivity index (χ2n) is 5.20. The summed E-state index contributed by atoms with van der Waals surface area (Å²) in [4.78, 5) is 33.4. The summed E-state index contributed by atoms with van der Waals surface area (Å²) >= 11 is 0. The molecule has 0 aliphatic rings. The van der Waals surface area contributed by atoms with Crippen LogP contribution in [0.3, 0.4) is 0 Å². The number of amides is 1. The number of benzene rings is 2. The van der Waals surface area contributed by atoms with Crippen LogP contribution >= 0.6 is 0 Å². The molecule has 2 aromatic rings. The number of carbonyl (C=O) groups excluding carboxylic acids is 1. The van der Waals surface area contributed by atoms with Crippen LogP contribution in [-0.4, -0.2) is 21.9 Å². The number of nitriles is 1. The fourth-order valence-electron chi connectivity index (χ4n) is 2.10. The highest BCUT2D eigenvalue weighted by Gasteiger charge is 2.11. The van der Waals surface area contributed by atoms with E-state index in [1.165, 1.54) is 54.6 Å². The third-order valence-electron chi connectivity index (χ3n) is 3.43. The Hall–Kier alpha value is -4.25. The maximum Gasteiger partial charge on any atom is 0.335 e. The highest BCUT2D eigenvalue weighted by Crippen LogP contribution is 2.19. The van der Waals surface area contributed by atoms with Crippen molar-refractivity contribution < 1.29 is 19.6 Å². The van der Waals surface area contributed by atoms with Gasteiger partial charge in [0.05, 0.1) is 16.1 Å². The van der Waals surface area contributed by atoms with Gasteiger partial charge in [0.2, 0.25) is 0 Å². The van der Waals surface area contributed by atoms with Gasteiger partial charge in [-0.3, -0.25) is 14.9 Å². The van der Waals surface area contributed by atoms with Gasteiger partial charge in [0.1, 0.15) is 11.6 Å². The number of rotatable bonds is 6. The molecule has 0 saturated heterocycles. The number of aromatic carboxylic acids is 1. The first-order valence-corrected chi connectivity index (χ1v) is 7.59. The van der Waals surface area contributed by atoms with Gasteiger partial charge in [-0.25, -0.2) is 4.79 Å². The molecule has 8 nitrogen and oxygen atoms in total. The molecule has 0 bridgehead atoms. The van der Waals surface area contributed by atoms with Crippen molar-refractivity contribution in [2.24, 2.45) is 0 Å². The third kappa shape index (κ3) is 5.11. The number of hydrogen-bond acceptors (Lipinski definition) is 5. The zero-order chi connectivity index (χ0) is 19.8. The van der Waals surface area contributed by atoms with Crippen LogP contribution in [0.15, 0.2) is 66.3 Å². The second kappa shape index (κ2) is 8.73. The van der Waals surface area contributed by atoms with Crippen molar-refractivity contribution >= 4 is 29.3 Å². The molecule has 0 aliphatic carbocycles. The highest BCUT2D eigenvalue weighted by atomic mass is 16.6. The molecule has 27 heavy (non-hydrogen) atoms. The van der Waals surface area contributed by atoms with Gasteiger partial charge in [-0.05, 0) is 42.5 Å². The number of allylic oxidation sites excluding steroid dienone is 2. The Balaban J connectivity index is 2.14. The number of carbonyl (C=O) groups is 2. The Bertz CT molecular complexity index is 985. The second-order valence-corrected chi connectivity index (χ2v) is 5.20. The molecule has 8 heteroatoms. The lowest BCUT2D eigenvalue weighted by Gasteiger charge is -2.04. The van der Waals surface area contributed by atoms with Gasteiger partial charge >= 0.3 is 5.97 Å². The van der Waals surface area contributed by atoms with Gasteiger partial charge in [0.25, 0.3) is 11.6 Å². The standard InChI is InChI=1S/C19H13N3O5/c20-12-15(6-3-5-13-4-1-2-7-17(13)22(26)27)18(23)21-16-10-8-14(9-11-16)19(24)25/h1-11H,(H,21,23)(H,24,25)/b5-3+,15-6+. The lowest BCUT2D eigenvalue weighted by molar-refractivity contribution is -0.385. The van der Waals surface area contributed by atoms with E-state index in [2.05, 4.69) is 5.32 Å². The SMILES string of the molecule is N#C/C(=C\C=C\c1ccccc1[N+](=O)[O-])C(=O)Nc1ccc(C(=O)O)cc1. The summed E-state index contributed by atoms with van der Waals surface area (Å²) in [6.45, 7) is 0. The third-order valence-corrected chi connectivity index (χ3v) is 3.43. The van der Waals surface area contributed by atoms with Crippen LogP contribution in [0.2, 0.25) is 0 Å². The number of carboxylic acids is 1. The fraction of sp³-hybridized carbons (Fsp3) is 0. The normalized spacial score (nSPS) is 11.0. The maximum absolute atomic E-state index is 12.1. The molecular formula is C19H13N3O5. The summed E-state index contributed by atoms with van der Waals surface area (Å²) in [5.41, 5.74) is 0.418. The summed E-state index contributed by atoms with van der Waals surface area (Å²) in [5, 5.41) is 31.4. The summed E-state index contributed by atoms with van der Waals surface area (Å²) in [6.07, 6.45) is 4.02. The van der Waals surface area contributed by atoms with Crippen LogP contribution in [0, 0.1) is 21.4 Å². The molecule has 2 N–H and O–H groups in total. The number of nitro groups is 1. The molecule has 2 aromatic carbocycles. The quantitative estimate of drug-likeness (QED) is 0.266. The number of nitrogens with zero attached hydrogens (tertiary/aromatic N) is 2. The molecule has 0 heterocycles. The summed E-state index contributed by atoms with van der Waals surface area (Å²) < 4.78 is 0. The average molecular weight is 363 g/mol. The molecule has 0 unspecified atom stereocenters. The number of nitro benzene ring substituents is 1. The molecule has 1 amide bonds. The Morgan fingerprint density at radius 1 is 1.15 bits per heavy atom. The van der Waals surface area contributed by atoms with Crippen LogP contribution in [0.25, 0.3) is 6.08 Å². The molecule has 134 valence electrons. The zero-order valence-electron chi connectivity index (χ0n) is 13.8. The monoisotopic (exact) mass is 363 g/mol. The van der Waals surface area contributed by atoms with Gasteiger partial charge < -0.3 is 10.4 Å². The molecule has 0 spiro atoms. The summed E-state index contributed by atoms with van der Waals surface area (Å²) in [6, 6.07) is 13.3. The number of hydrogen-bond donors (Lipinski definition) is 2. The summed E-state index contributed by atoms with van der Waals surface area (Å²) in [7, 11) is 0. The molecule has 0 fully saturated rings. The minimum Gasteiger partial charge on any atom is -0.478 e. The van der Waals surface area contributed by atoms with Crippen molar-refractivity contribution in [2.45, 2.75) is 0 Å². The van der Waals surface area contributed by atoms with E-state index in [0.29, 0.717) is 11.3 Å². The van der Waals surface area contributed by atoms with Crippen molar-refractivity contribution in [3.63, 3.8) is 0 Å². The van der Waals surface area contributed by atoms with E-state index >= 15 is 0 Å². The molecule has 0 radical (unpaired) electrons. The Morgan fingerprint density at radius 2 is 1.81 bits per heavy atom. The predicted molar refractivity (Wildman–Crippen MR) is 97.9 cm³/mol. The molecule has 0 saturated carbocycles. The first-order chi connectivity index (χ1) is 12.9. The largest absolute Gasteiger partial charge is 0.478 e. The van der Waals surface area contributed by atoms with E-state index in [1.807, 2.05) is 0 Å². The van der Waals surface area contributed by atoms with Crippen molar-refractivity contribution in [3.05, 3.63) is 87.5 Å². The molecule has 0 aromatic heterocycles. The highest BCUT2D eigenvalue weighted by molar-refractivity contribution is 6.07. The fourth-order valence-corrected chi connectivity index (χ4v) is 2.10. The van der Waals surface area contributed by atoms with Crippen LogP contribution in [0.1, 0.15) is 15.9 Å². The Kier molecular flexibility index (Phi) is 6.17. The minimum absolute atomic E-state index is 0.0661. The van der Waals surface area contributed by atoms with Crippen LogP contribution < -0.4 is 5.32 Å². The Morgan fingerprint density at radius 3 is 2.41 bits per heavy atom. The van der Waals surface area contributed by atoms with Gasteiger partial charge in [0.15, 0.2) is 0 Å². The minimum atomic E-state index is -1.09. The molecule has 0 aliphatic heterocycles. The van der Waals surface area contributed by atoms with Crippen molar-refractivity contribution in [1.29, 1.82) is 5.26 Å². The first-order valence-electron chi connectivity index (χ1n) is 7.59.